The van der Waals surface area contributed by atoms with Crippen LogP contribution in [0, 0.1) is 0 Å². The Balaban J connectivity index is 1.67. The Labute approximate surface area is 154 Å². The van der Waals surface area contributed by atoms with E-state index in [2.05, 4.69) is 26.6 Å². The molecular weight excluding hydrogens is 380 g/mol. The summed E-state index contributed by atoms with van der Waals surface area (Å²) in [6.07, 6.45) is 0. The number of rotatable bonds is 4. The van der Waals surface area contributed by atoms with Crippen LogP contribution < -0.4 is 10.6 Å². The molecule has 0 fully saturated rings. The second-order valence-corrected chi connectivity index (χ2v) is 6.19. The van der Waals surface area contributed by atoms with Gasteiger partial charge in [0.25, 0.3) is 11.8 Å². The zero-order chi connectivity index (χ0) is 17.6. The van der Waals surface area contributed by atoms with Crippen molar-refractivity contribution < 1.29 is 9.59 Å². The zero-order valence-corrected chi connectivity index (χ0v) is 14.8. The molecule has 3 rings (SSSR count). The van der Waals surface area contributed by atoms with Crippen molar-refractivity contribution in [3.05, 3.63) is 94.5 Å². The second kappa shape index (κ2) is 7.77. The Kier molecular flexibility index (Phi) is 5.26. The monoisotopic (exact) mass is 394 g/mol. The molecule has 0 radical (unpaired) electrons. The van der Waals surface area contributed by atoms with Crippen LogP contribution in [-0.2, 0) is 0 Å². The molecule has 0 heterocycles. The van der Waals surface area contributed by atoms with Crippen molar-refractivity contribution in [2.75, 3.05) is 10.6 Å². The van der Waals surface area contributed by atoms with Crippen LogP contribution in [0.5, 0.6) is 0 Å². The van der Waals surface area contributed by atoms with E-state index in [-0.39, 0.29) is 11.8 Å². The van der Waals surface area contributed by atoms with Gasteiger partial charge in [-0.1, -0.05) is 30.3 Å². The third-order valence-electron chi connectivity index (χ3n) is 3.56. The van der Waals surface area contributed by atoms with E-state index in [0.717, 1.165) is 4.47 Å². The topological polar surface area (TPSA) is 58.2 Å². The second-order valence-electron chi connectivity index (χ2n) is 5.33. The van der Waals surface area contributed by atoms with E-state index in [4.69, 9.17) is 0 Å². The predicted molar refractivity (Wildman–Crippen MR) is 103 cm³/mol. The van der Waals surface area contributed by atoms with Crippen molar-refractivity contribution in [3.8, 4) is 0 Å². The highest BCUT2D eigenvalue weighted by Crippen LogP contribution is 2.22. The van der Waals surface area contributed by atoms with Crippen LogP contribution in [0.2, 0.25) is 0 Å². The average Bonchev–Trinajstić information content (AvgIpc) is 2.65. The molecule has 0 saturated heterocycles. The fraction of sp³-hybridized carbons (Fsp3) is 0. The third kappa shape index (κ3) is 4.33. The van der Waals surface area contributed by atoms with Gasteiger partial charge >= 0.3 is 0 Å². The molecule has 3 aromatic rings. The smallest absolute Gasteiger partial charge is 0.255 e. The molecule has 25 heavy (non-hydrogen) atoms. The fourth-order valence-corrected chi connectivity index (χ4v) is 2.64. The van der Waals surface area contributed by atoms with Crippen molar-refractivity contribution in [2.45, 2.75) is 0 Å². The minimum absolute atomic E-state index is 0.189. The van der Waals surface area contributed by atoms with Gasteiger partial charge in [-0.3, -0.25) is 9.59 Å². The molecule has 0 aliphatic rings. The minimum Gasteiger partial charge on any atom is -0.322 e. The van der Waals surface area contributed by atoms with Gasteiger partial charge in [0, 0.05) is 21.3 Å². The molecule has 3 aromatic carbocycles. The van der Waals surface area contributed by atoms with Crippen LogP contribution in [0.25, 0.3) is 0 Å². The lowest BCUT2D eigenvalue weighted by molar-refractivity contribution is 0.102. The van der Waals surface area contributed by atoms with Crippen molar-refractivity contribution in [2.24, 2.45) is 0 Å². The van der Waals surface area contributed by atoms with Gasteiger partial charge in [0.1, 0.15) is 0 Å². The van der Waals surface area contributed by atoms with Gasteiger partial charge in [-0.2, -0.15) is 0 Å². The number of hydrogen-bond donors (Lipinski definition) is 2. The lowest BCUT2D eigenvalue weighted by Gasteiger charge is -2.09. The SMILES string of the molecule is O=C(Nc1ccc(C(=O)Nc2ccccc2Br)cc1)c1ccccc1. The maximum Gasteiger partial charge on any atom is 0.255 e. The maximum absolute atomic E-state index is 12.3. The highest BCUT2D eigenvalue weighted by atomic mass is 79.9. The molecule has 0 spiro atoms. The van der Waals surface area contributed by atoms with Gasteiger partial charge in [0.2, 0.25) is 0 Å². The Hall–Kier alpha value is -2.92. The molecule has 5 heteroatoms. The van der Waals surface area contributed by atoms with Crippen LogP contribution in [0.3, 0.4) is 0 Å². The van der Waals surface area contributed by atoms with Gasteiger partial charge in [-0.15, -0.1) is 0 Å². The highest BCUT2D eigenvalue weighted by Gasteiger charge is 2.09. The fourth-order valence-electron chi connectivity index (χ4n) is 2.25. The minimum atomic E-state index is -0.215. The van der Waals surface area contributed by atoms with Gasteiger partial charge in [0.05, 0.1) is 5.69 Å². The van der Waals surface area contributed by atoms with E-state index in [9.17, 15) is 9.59 Å². The number of carbonyl (C=O) groups is 2. The maximum atomic E-state index is 12.3. The number of benzene rings is 3. The van der Waals surface area contributed by atoms with Gasteiger partial charge in [-0.25, -0.2) is 0 Å². The molecule has 4 nitrogen and oxygen atoms in total. The molecule has 2 N–H and O–H groups in total. The van der Waals surface area contributed by atoms with Crippen molar-refractivity contribution in [1.29, 1.82) is 0 Å². The molecule has 0 bridgehead atoms. The summed E-state index contributed by atoms with van der Waals surface area (Å²) in [5, 5.41) is 5.64. The van der Waals surface area contributed by atoms with Crippen LogP contribution in [0.1, 0.15) is 20.7 Å². The number of nitrogens with one attached hydrogen (secondary N) is 2. The first-order valence-corrected chi connectivity index (χ1v) is 8.45. The quantitative estimate of drug-likeness (QED) is 0.657. The molecule has 0 saturated carbocycles. The number of halogens is 1. The van der Waals surface area contributed by atoms with E-state index in [1.807, 2.05) is 42.5 Å². The number of para-hydroxylation sites is 1. The summed E-state index contributed by atoms with van der Waals surface area (Å²) in [7, 11) is 0. The molecule has 2 amide bonds. The molecule has 0 unspecified atom stereocenters. The summed E-state index contributed by atoms with van der Waals surface area (Å²) >= 11 is 3.40. The molecule has 0 aliphatic carbocycles. The van der Waals surface area contributed by atoms with E-state index >= 15 is 0 Å². The normalized spacial score (nSPS) is 10.1. The van der Waals surface area contributed by atoms with Crippen LogP contribution in [-0.4, -0.2) is 11.8 Å². The van der Waals surface area contributed by atoms with Crippen molar-refractivity contribution in [3.63, 3.8) is 0 Å². The zero-order valence-electron chi connectivity index (χ0n) is 13.2. The first-order valence-electron chi connectivity index (χ1n) is 7.66. The van der Waals surface area contributed by atoms with E-state index in [1.165, 1.54) is 0 Å². The summed E-state index contributed by atoms with van der Waals surface area (Å²) in [6, 6.07) is 23.1. The number of amides is 2. The lowest BCUT2D eigenvalue weighted by Crippen LogP contribution is -2.13. The molecule has 0 atom stereocenters. The van der Waals surface area contributed by atoms with E-state index < -0.39 is 0 Å². The van der Waals surface area contributed by atoms with Gasteiger partial charge in [-0.05, 0) is 64.5 Å². The van der Waals surface area contributed by atoms with E-state index in [0.29, 0.717) is 22.5 Å². The molecule has 124 valence electrons. The summed E-state index contributed by atoms with van der Waals surface area (Å²) in [6.45, 7) is 0. The van der Waals surface area contributed by atoms with Crippen LogP contribution in [0.15, 0.2) is 83.3 Å². The largest absolute Gasteiger partial charge is 0.322 e. The Bertz CT molecular complexity index is 893. The Morgan fingerprint density at radius 2 is 1.20 bits per heavy atom. The first-order chi connectivity index (χ1) is 12.1. The van der Waals surface area contributed by atoms with Gasteiger partial charge in [0.15, 0.2) is 0 Å². The van der Waals surface area contributed by atoms with Gasteiger partial charge < -0.3 is 10.6 Å². The number of anilines is 2. The predicted octanol–water partition coefficient (Wildman–Crippen LogP) is 4.95. The lowest BCUT2D eigenvalue weighted by atomic mass is 10.1. The number of hydrogen-bond acceptors (Lipinski definition) is 2. The van der Waals surface area contributed by atoms with Crippen LogP contribution >= 0.6 is 15.9 Å². The van der Waals surface area contributed by atoms with Crippen molar-refractivity contribution >= 4 is 39.1 Å². The third-order valence-corrected chi connectivity index (χ3v) is 4.25. The highest BCUT2D eigenvalue weighted by molar-refractivity contribution is 9.10. The first kappa shape index (κ1) is 16.9. The summed E-state index contributed by atoms with van der Waals surface area (Å²) < 4.78 is 0.815. The molecule has 0 aromatic heterocycles. The summed E-state index contributed by atoms with van der Waals surface area (Å²) in [4.78, 5) is 24.4. The molecular formula is C20H15BrN2O2. The van der Waals surface area contributed by atoms with Crippen LogP contribution in [0.4, 0.5) is 11.4 Å². The van der Waals surface area contributed by atoms with E-state index in [1.54, 1.807) is 36.4 Å². The number of carbonyl (C=O) groups excluding carboxylic acids is 2. The average molecular weight is 395 g/mol. The Morgan fingerprint density at radius 1 is 0.640 bits per heavy atom. The molecule has 0 aliphatic heterocycles. The summed E-state index contributed by atoms with van der Waals surface area (Å²) in [5.74, 6) is -0.404. The Morgan fingerprint density at radius 3 is 1.88 bits per heavy atom. The standard InChI is InChI=1S/C20H15BrN2O2/c21-17-8-4-5-9-18(17)23-20(25)15-10-12-16(13-11-15)22-19(24)14-6-2-1-3-7-14/h1-13H,(H,22,24)(H,23,25). The summed E-state index contributed by atoms with van der Waals surface area (Å²) in [5.41, 5.74) is 2.42. The van der Waals surface area contributed by atoms with Crippen molar-refractivity contribution in [1.82, 2.24) is 0 Å².